The molecule has 0 unspecified atom stereocenters. The summed E-state index contributed by atoms with van der Waals surface area (Å²) >= 11 is 0. The number of hydrogen-bond donors (Lipinski definition) is 1. The predicted octanol–water partition coefficient (Wildman–Crippen LogP) is 0.0672. The lowest BCUT2D eigenvalue weighted by molar-refractivity contribution is 0.100. The van der Waals surface area contributed by atoms with Crippen molar-refractivity contribution in [3.05, 3.63) is 23.8 Å². The van der Waals surface area contributed by atoms with Crippen LogP contribution in [0.1, 0.15) is 10.4 Å². The van der Waals surface area contributed by atoms with Crippen molar-refractivity contribution in [1.29, 1.82) is 0 Å². The summed E-state index contributed by atoms with van der Waals surface area (Å²) in [6, 6.07) is 5.16. The van der Waals surface area contributed by atoms with Crippen LogP contribution in [-0.4, -0.2) is 20.9 Å². The summed E-state index contributed by atoms with van der Waals surface area (Å²) in [6.45, 7) is 0. The van der Waals surface area contributed by atoms with Gasteiger partial charge in [0.1, 0.15) is 11.0 Å². The summed E-state index contributed by atoms with van der Waals surface area (Å²) in [5.41, 5.74) is 6.81. The van der Waals surface area contributed by atoms with E-state index in [4.69, 9.17) is 5.73 Å². The maximum atomic E-state index is 11.0. The Kier molecular flexibility index (Phi) is 1.51. The molecule has 2 aromatic rings. The molecule has 5 nitrogen and oxygen atoms in total. The van der Waals surface area contributed by atoms with Gasteiger partial charge < -0.3 is 5.73 Å². The molecule has 0 aliphatic carbocycles. The molecule has 0 spiro atoms. The number of primary amides is 1. The van der Waals surface area contributed by atoms with Crippen LogP contribution in [0, 0.1) is 0 Å². The fourth-order valence-electron chi connectivity index (χ4n) is 1.24. The highest BCUT2D eigenvalue weighted by Crippen LogP contribution is 2.13. The Balaban J connectivity index is 2.82. The van der Waals surface area contributed by atoms with Crippen LogP contribution < -0.4 is 5.73 Å². The minimum Gasteiger partial charge on any atom is -0.366 e. The summed E-state index contributed by atoms with van der Waals surface area (Å²) in [5.74, 6) is -0.480. The second kappa shape index (κ2) is 2.55. The number of amides is 1. The number of carbonyl (C=O) groups excluding carboxylic acids is 1. The fraction of sp³-hybridized carbons (Fsp3) is 0.125. The third kappa shape index (κ3) is 1.14. The van der Waals surface area contributed by atoms with Crippen molar-refractivity contribution in [2.75, 3.05) is 0 Å². The summed E-state index contributed by atoms with van der Waals surface area (Å²) in [5, 5.41) is 8.09. The molecule has 0 bridgehead atoms. The van der Waals surface area contributed by atoms with Crippen molar-refractivity contribution >= 4 is 16.9 Å². The third-order valence-electron chi connectivity index (χ3n) is 1.78. The standard InChI is InChI=1S/C8H8N4O/c1-12-10-6-4-2-3-5(8(9)13)7(6)11-12/h2-4H,1H3,(H2,9,13). The summed E-state index contributed by atoms with van der Waals surface area (Å²) < 4.78 is 0. The number of nitrogens with two attached hydrogens (primary N) is 1. The van der Waals surface area contributed by atoms with Crippen LogP contribution >= 0.6 is 0 Å². The predicted molar refractivity (Wildman–Crippen MR) is 47.0 cm³/mol. The molecule has 1 heterocycles. The van der Waals surface area contributed by atoms with Gasteiger partial charge in [-0.05, 0) is 12.1 Å². The van der Waals surface area contributed by atoms with E-state index in [0.717, 1.165) is 0 Å². The summed E-state index contributed by atoms with van der Waals surface area (Å²) in [6.07, 6.45) is 0. The highest BCUT2D eigenvalue weighted by atomic mass is 16.1. The van der Waals surface area contributed by atoms with Crippen molar-refractivity contribution in [1.82, 2.24) is 15.0 Å². The smallest absolute Gasteiger partial charge is 0.251 e. The number of hydrogen-bond acceptors (Lipinski definition) is 3. The first-order chi connectivity index (χ1) is 6.18. The maximum absolute atomic E-state index is 11.0. The molecule has 1 aromatic carbocycles. The van der Waals surface area contributed by atoms with E-state index >= 15 is 0 Å². The van der Waals surface area contributed by atoms with Gasteiger partial charge in [-0.1, -0.05) is 6.07 Å². The number of nitrogens with zero attached hydrogens (tertiary/aromatic N) is 3. The Labute approximate surface area is 74.1 Å². The molecule has 0 saturated carbocycles. The molecule has 2 rings (SSSR count). The molecule has 2 N–H and O–H groups in total. The van der Waals surface area contributed by atoms with Gasteiger partial charge in [0.2, 0.25) is 0 Å². The second-order valence-electron chi connectivity index (χ2n) is 2.73. The average molecular weight is 176 g/mol. The van der Waals surface area contributed by atoms with Crippen molar-refractivity contribution in [2.24, 2.45) is 12.8 Å². The summed E-state index contributed by atoms with van der Waals surface area (Å²) in [7, 11) is 1.70. The Bertz CT molecular complexity index is 474. The molecule has 0 fully saturated rings. The molecule has 0 aliphatic rings. The first-order valence-electron chi connectivity index (χ1n) is 3.78. The van der Waals surface area contributed by atoms with Crippen molar-refractivity contribution < 1.29 is 4.79 Å². The second-order valence-corrected chi connectivity index (χ2v) is 2.73. The van der Waals surface area contributed by atoms with E-state index in [9.17, 15) is 4.79 Å². The monoisotopic (exact) mass is 176 g/mol. The van der Waals surface area contributed by atoms with Gasteiger partial charge in [0.25, 0.3) is 5.91 Å². The van der Waals surface area contributed by atoms with Gasteiger partial charge in [0, 0.05) is 7.05 Å². The molecule has 0 radical (unpaired) electrons. The molecular weight excluding hydrogens is 168 g/mol. The van der Waals surface area contributed by atoms with Crippen LogP contribution in [-0.2, 0) is 7.05 Å². The lowest BCUT2D eigenvalue weighted by Crippen LogP contribution is -2.11. The van der Waals surface area contributed by atoms with E-state index in [0.29, 0.717) is 16.6 Å². The van der Waals surface area contributed by atoms with Crippen LogP contribution in [0.2, 0.25) is 0 Å². The average Bonchev–Trinajstić information content (AvgIpc) is 2.43. The lowest BCUT2D eigenvalue weighted by atomic mass is 10.2. The zero-order valence-electron chi connectivity index (χ0n) is 7.06. The van der Waals surface area contributed by atoms with E-state index in [1.807, 2.05) is 0 Å². The van der Waals surface area contributed by atoms with Crippen molar-refractivity contribution in [3.63, 3.8) is 0 Å². The zero-order valence-corrected chi connectivity index (χ0v) is 7.06. The number of aromatic nitrogens is 3. The molecule has 5 heteroatoms. The molecule has 0 aliphatic heterocycles. The van der Waals surface area contributed by atoms with Crippen LogP contribution in [0.25, 0.3) is 11.0 Å². The maximum Gasteiger partial charge on any atom is 0.251 e. The Hall–Kier alpha value is -1.91. The number of benzene rings is 1. The minimum atomic E-state index is -0.480. The van der Waals surface area contributed by atoms with Gasteiger partial charge in [-0.25, -0.2) is 0 Å². The topological polar surface area (TPSA) is 73.8 Å². The Morgan fingerprint density at radius 3 is 2.92 bits per heavy atom. The SMILES string of the molecule is Cn1nc2cccc(C(N)=O)c2n1. The quantitative estimate of drug-likeness (QED) is 0.668. The first-order valence-corrected chi connectivity index (χ1v) is 3.78. The van der Waals surface area contributed by atoms with Gasteiger partial charge in [0.05, 0.1) is 5.56 Å². The molecule has 13 heavy (non-hydrogen) atoms. The normalized spacial score (nSPS) is 10.5. The lowest BCUT2D eigenvalue weighted by Gasteiger charge is -1.93. The van der Waals surface area contributed by atoms with Crippen LogP contribution in [0.15, 0.2) is 18.2 Å². The highest BCUT2D eigenvalue weighted by molar-refractivity contribution is 6.03. The van der Waals surface area contributed by atoms with Gasteiger partial charge in [0.15, 0.2) is 0 Å². The minimum absolute atomic E-state index is 0.408. The molecular formula is C8H8N4O. The molecule has 0 saturated heterocycles. The Morgan fingerprint density at radius 1 is 1.46 bits per heavy atom. The number of fused-ring (bicyclic) bond motifs is 1. The number of rotatable bonds is 1. The van der Waals surface area contributed by atoms with Gasteiger partial charge >= 0.3 is 0 Å². The molecule has 0 atom stereocenters. The fourth-order valence-corrected chi connectivity index (χ4v) is 1.24. The highest BCUT2D eigenvalue weighted by Gasteiger charge is 2.09. The molecule has 1 aromatic heterocycles. The van der Waals surface area contributed by atoms with Crippen LogP contribution in [0.4, 0.5) is 0 Å². The first kappa shape index (κ1) is 7.72. The van der Waals surface area contributed by atoms with E-state index in [1.165, 1.54) is 4.80 Å². The summed E-state index contributed by atoms with van der Waals surface area (Å²) in [4.78, 5) is 12.4. The third-order valence-corrected chi connectivity index (χ3v) is 1.78. The van der Waals surface area contributed by atoms with Crippen molar-refractivity contribution in [2.45, 2.75) is 0 Å². The van der Waals surface area contributed by atoms with Gasteiger partial charge in [-0.2, -0.15) is 15.0 Å². The van der Waals surface area contributed by atoms with Gasteiger partial charge in [-0.15, -0.1) is 0 Å². The zero-order chi connectivity index (χ0) is 9.42. The number of aryl methyl sites for hydroxylation is 1. The Morgan fingerprint density at radius 2 is 2.23 bits per heavy atom. The van der Waals surface area contributed by atoms with Crippen LogP contribution in [0.5, 0.6) is 0 Å². The van der Waals surface area contributed by atoms with E-state index in [2.05, 4.69) is 10.2 Å². The van der Waals surface area contributed by atoms with E-state index in [-0.39, 0.29) is 0 Å². The van der Waals surface area contributed by atoms with E-state index in [1.54, 1.807) is 25.2 Å². The largest absolute Gasteiger partial charge is 0.366 e. The molecule has 66 valence electrons. The van der Waals surface area contributed by atoms with Gasteiger partial charge in [-0.3, -0.25) is 4.79 Å². The van der Waals surface area contributed by atoms with E-state index < -0.39 is 5.91 Å². The molecule has 1 amide bonds. The van der Waals surface area contributed by atoms with Crippen LogP contribution in [0.3, 0.4) is 0 Å². The number of carbonyl (C=O) groups is 1. The van der Waals surface area contributed by atoms with Crippen molar-refractivity contribution in [3.8, 4) is 0 Å².